The molecule has 0 aliphatic carbocycles. The van der Waals surface area contributed by atoms with Gasteiger partial charge in [0.1, 0.15) is 11.5 Å². The molecule has 0 unspecified atom stereocenters. The van der Waals surface area contributed by atoms with Gasteiger partial charge in [0, 0.05) is 63.5 Å². The Bertz CT molecular complexity index is 1020. The standard InChI is InChI=1S/C29H40ClN5O2/c30-26-6-2-1-5-24(26)22-33-15-9-25(10-16-33)34-13-4-14-35(18-17-34)28-8-3-7-27(32-28)29(36)31-21-23-11-19-37-20-12-23/h1-3,5-8,23,25H,4,9-22H2,(H,31,36). The highest BCUT2D eigenvalue weighted by molar-refractivity contribution is 6.31. The maximum Gasteiger partial charge on any atom is 0.269 e. The number of piperidine rings is 1. The van der Waals surface area contributed by atoms with E-state index in [1.54, 1.807) is 0 Å². The lowest BCUT2D eigenvalue weighted by Crippen LogP contribution is -2.46. The molecule has 7 nitrogen and oxygen atoms in total. The van der Waals surface area contributed by atoms with Crippen molar-refractivity contribution in [1.82, 2.24) is 20.1 Å². The third-order valence-electron chi connectivity index (χ3n) is 8.14. The number of pyridine rings is 1. The first-order chi connectivity index (χ1) is 18.2. The van der Waals surface area contributed by atoms with Gasteiger partial charge in [-0.15, -0.1) is 0 Å². The predicted molar refractivity (Wildman–Crippen MR) is 148 cm³/mol. The van der Waals surface area contributed by atoms with E-state index in [1.165, 1.54) is 18.4 Å². The molecule has 1 amide bonds. The Kier molecular flexibility index (Phi) is 9.32. The Morgan fingerprint density at radius 1 is 0.946 bits per heavy atom. The molecule has 1 N–H and O–H groups in total. The third-order valence-corrected chi connectivity index (χ3v) is 8.51. The number of nitrogens with zero attached hydrogens (tertiary/aromatic N) is 4. The molecule has 4 heterocycles. The molecule has 8 heteroatoms. The summed E-state index contributed by atoms with van der Waals surface area (Å²) in [6, 6.07) is 14.6. The second-order valence-electron chi connectivity index (χ2n) is 10.6. The van der Waals surface area contributed by atoms with E-state index >= 15 is 0 Å². The van der Waals surface area contributed by atoms with Gasteiger partial charge in [-0.3, -0.25) is 14.6 Å². The Morgan fingerprint density at radius 2 is 1.76 bits per heavy atom. The number of nitrogens with one attached hydrogen (secondary N) is 1. The van der Waals surface area contributed by atoms with Crippen molar-refractivity contribution in [1.29, 1.82) is 0 Å². The molecule has 0 saturated carbocycles. The van der Waals surface area contributed by atoms with Crippen LogP contribution in [0.5, 0.6) is 0 Å². The zero-order valence-electron chi connectivity index (χ0n) is 21.8. The molecule has 0 atom stereocenters. The van der Waals surface area contributed by atoms with Gasteiger partial charge in [0.05, 0.1) is 0 Å². The van der Waals surface area contributed by atoms with Crippen LogP contribution in [-0.4, -0.2) is 85.8 Å². The highest BCUT2D eigenvalue weighted by Gasteiger charge is 2.27. The van der Waals surface area contributed by atoms with Crippen LogP contribution in [0.25, 0.3) is 0 Å². The molecule has 0 bridgehead atoms. The summed E-state index contributed by atoms with van der Waals surface area (Å²) in [6.07, 6.45) is 5.54. The lowest BCUT2D eigenvalue weighted by molar-refractivity contribution is 0.0642. The first kappa shape index (κ1) is 26.4. The zero-order chi connectivity index (χ0) is 25.5. The van der Waals surface area contributed by atoms with Crippen LogP contribution in [0.3, 0.4) is 0 Å². The van der Waals surface area contributed by atoms with Crippen molar-refractivity contribution < 1.29 is 9.53 Å². The number of hydrogen-bond acceptors (Lipinski definition) is 6. The zero-order valence-corrected chi connectivity index (χ0v) is 22.5. The number of benzene rings is 1. The molecule has 5 rings (SSSR count). The predicted octanol–water partition coefficient (Wildman–Crippen LogP) is 4.07. The first-order valence-corrected chi connectivity index (χ1v) is 14.3. The van der Waals surface area contributed by atoms with Crippen LogP contribution < -0.4 is 10.2 Å². The van der Waals surface area contributed by atoms with E-state index in [-0.39, 0.29) is 5.91 Å². The molecule has 1 aromatic carbocycles. The average Bonchev–Trinajstić information content (AvgIpc) is 3.21. The van der Waals surface area contributed by atoms with Gasteiger partial charge < -0.3 is 15.0 Å². The number of carbonyl (C=O) groups is 1. The quantitative estimate of drug-likeness (QED) is 0.588. The van der Waals surface area contributed by atoms with E-state index in [2.05, 4.69) is 32.1 Å². The van der Waals surface area contributed by atoms with Crippen molar-refractivity contribution in [2.75, 3.05) is 63.9 Å². The van der Waals surface area contributed by atoms with E-state index in [4.69, 9.17) is 21.3 Å². The van der Waals surface area contributed by atoms with E-state index in [1.807, 2.05) is 30.3 Å². The van der Waals surface area contributed by atoms with Crippen molar-refractivity contribution >= 4 is 23.3 Å². The summed E-state index contributed by atoms with van der Waals surface area (Å²) in [5.41, 5.74) is 1.73. The summed E-state index contributed by atoms with van der Waals surface area (Å²) in [5, 5.41) is 3.96. The fraction of sp³-hybridized carbons (Fsp3) is 0.586. The van der Waals surface area contributed by atoms with Crippen LogP contribution >= 0.6 is 11.6 Å². The van der Waals surface area contributed by atoms with Crippen LogP contribution in [0.4, 0.5) is 5.82 Å². The van der Waals surface area contributed by atoms with Gasteiger partial charge in [-0.05, 0) is 74.9 Å². The van der Waals surface area contributed by atoms with Crippen LogP contribution in [0.2, 0.25) is 5.02 Å². The fourth-order valence-corrected chi connectivity index (χ4v) is 6.04. The molecule has 3 fully saturated rings. The number of hydrogen-bond donors (Lipinski definition) is 1. The fourth-order valence-electron chi connectivity index (χ4n) is 5.85. The largest absolute Gasteiger partial charge is 0.381 e. The normalized spacial score (nSPS) is 21.1. The second-order valence-corrected chi connectivity index (χ2v) is 11.0. The maximum atomic E-state index is 12.8. The van der Waals surface area contributed by atoms with Crippen molar-refractivity contribution in [3.63, 3.8) is 0 Å². The number of anilines is 1. The number of rotatable bonds is 7. The molecule has 3 aliphatic rings. The van der Waals surface area contributed by atoms with Crippen molar-refractivity contribution in [2.24, 2.45) is 5.92 Å². The summed E-state index contributed by atoms with van der Waals surface area (Å²) in [7, 11) is 0. The number of ether oxygens (including phenoxy) is 1. The Hall–Kier alpha value is -2.19. The van der Waals surface area contributed by atoms with Gasteiger partial charge in [0.15, 0.2) is 0 Å². The molecule has 0 radical (unpaired) electrons. The van der Waals surface area contributed by atoms with Crippen molar-refractivity contribution in [3.05, 3.63) is 58.7 Å². The van der Waals surface area contributed by atoms with Gasteiger partial charge in [0.25, 0.3) is 5.91 Å². The molecule has 200 valence electrons. The molecular weight excluding hydrogens is 486 g/mol. The van der Waals surface area contributed by atoms with Crippen LogP contribution in [0, 0.1) is 5.92 Å². The number of halogens is 1. The van der Waals surface area contributed by atoms with Gasteiger partial charge in [-0.25, -0.2) is 4.98 Å². The van der Waals surface area contributed by atoms with Crippen molar-refractivity contribution in [2.45, 2.75) is 44.7 Å². The Balaban J connectivity index is 1.10. The highest BCUT2D eigenvalue weighted by atomic mass is 35.5. The molecule has 2 aromatic rings. The minimum atomic E-state index is -0.0756. The molecule has 37 heavy (non-hydrogen) atoms. The molecular formula is C29H40ClN5O2. The van der Waals surface area contributed by atoms with Gasteiger partial charge in [-0.1, -0.05) is 35.9 Å². The number of likely N-dealkylation sites (tertiary alicyclic amines) is 1. The molecule has 0 spiro atoms. The Labute approximate surface area is 226 Å². The molecule has 3 saturated heterocycles. The summed E-state index contributed by atoms with van der Waals surface area (Å²) < 4.78 is 5.42. The summed E-state index contributed by atoms with van der Waals surface area (Å²) in [4.78, 5) is 25.1. The van der Waals surface area contributed by atoms with E-state index in [0.29, 0.717) is 24.2 Å². The summed E-state index contributed by atoms with van der Waals surface area (Å²) in [5.74, 6) is 1.34. The SMILES string of the molecule is O=C(NCC1CCOCC1)c1cccc(N2CCCN(C3CCN(Cc4ccccc4Cl)CC3)CC2)n1. The Morgan fingerprint density at radius 3 is 2.57 bits per heavy atom. The first-order valence-electron chi connectivity index (χ1n) is 13.9. The summed E-state index contributed by atoms with van der Waals surface area (Å²) >= 11 is 6.38. The number of aromatic nitrogens is 1. The second kappa shape index (κ2) is 13.1. The minimum absolute atomic E-state index is 0.0756. The van der Waals surface area contributed by atoms with Gasteiger partial charge >= 0.3 is 0 Å². The minimum Gasteiger partial charge on any atom is -0.381 e. The lowest BCUT2D eigenvalue weighted by Gasteiger charge is -2.38. The number of amides is 1. The van der Waals surface area contributed by atoms with Crippen LogP contribution in [0.15, 0.2) is 42.5 Å². The van der Waals surface area contributed by atoms with E-state index < -0.39 is 0 Å². The van der Waals surface area contributed by atoms with Gasteiger partial charge in [0.2, 0.25) is 0 Å². The highest BCUT2D eigenvalue weighted by Crippen LogP contribution is 2.24. The van der Waals surface area contributed by atoms with E-state index in [0.717, 1.165) is 89.1 Å². The lowest BCUT2D eigenvalue weighted by atomic mass is 10.0. The van der Waals surface area contributed by atoms with Gasteiger partial charge in [-0.2, -0.15) is 0 Å². The van der Waals surface area contributed by atoms with Crippen molar-refractivity contribution in [3.8, 4) is 0 Å². The summed E-state index contributed by atoms with van der Waals surface area (Å²) in [6.45, 7) is 9.53. The third kappa shape index (κ3) is 7.23. The van der Waals surface area contributed by atoms with Crippen LogP contribution in [-0.2, 0) is 11.3 Å². The molecule has 3 aliphatic heterocycles. The average molecular weight is 526 g/mol. The smallest absolute Gasteiger partial charge is 0.269 e. The van der Waals surface area contributed by atoms with Crippen LogP contribution in [0.1, 0.15) is 48.2 Å². The topological polar surface area (TPSA) is 60.9 Å². The number of carbonyl (C=O) groups excluding carboxylic acids is 1. The monoisotopic (exact) mass is 525 g/mol. The van der Waals surface area contributed by atoms with E-state index in [9.17, 15) is 4.79 Å². The maximum absolute atomic E-state index is 12.8. The molecule has 1 aromatic heterocycles.